The van der Waals surface area contributed by atoms with Gasteiger partial charge in [-0.1, -0.05) is 13.5 Å². The molecule has 3 heteroatoms. The van der Waals surface area contributed by atoms with Crippen molar-refractivity contribution in [2.45, 2.75) is 13.3 Å². The highest BCUT2D eigenvalue weighted by molar-refractivity contribution is 6.15. The Bertz CT molecular complexity index is 99.2. The maximum absolute atomic E-state index is 9.83. The van der Waals surface area contributed by atoms with E-state index in [1.807, 2.05) is 0 Å². The average molecular weight is 151 g/mol. The molecule has 0 saturated heterocycles. The second kappa shape index (κ2) is 7.50. The standard InChI is InChI=1S/C5H8O2.CH3Cl/c1-3-4(2)5(6)7;1-2/h2-3H2,1H3,(H,6,7);1H3. The zero-order chi connectivity index (χ0) is 7.86. The first kappa shape index (κ1) is 11.3. The molecule has 0 unspecified atom stereocenters. The lowest BCUT2D eigenvalue weighted by Gasteiger charge is -1.87. The second-order valence-corrected chi connectivity index (χ2v) is 1.26. The predicted molar refractivity (Wildman–Crippen MR) is 38.8 cm³/mol. The summed E-state index contributed by atoms with van der Waals surface area (Å²) in [6.07, 6.45) is 2.00. The summed E-state index contributed by atoms with van der Waals surface area (Å²) in [5, 5.41) is 8.08. The number of carboxylic acids is 1. The molecule has 0 heterocycles. The maximum Gasteiger partial charge on any atom is 0.330 e. The molecule has 2 nitrogen and oxygen atoms in total. The van der Waals surface area contributed by atoms with Crippen LogP contribution in [0.4, 0.5) is 0 Å². The molecule has 0 saturated carbocycles. The first-order valence-electron chi connectivity index (χ1n) is 2.47. The molecule has 0 rings (SSSR count). The van der Waals surface area contributed by atoms with Gasteiger partial charge in [0, 0.05) is 12.0 Å². The smallest absolute Gasteiger partial charge is 0.330 e. The van der Waals surface area contributed by atoms with Gasteiger partial charge in [0.2, 0.25) is 0 Å². The fourth-order valence-electron chi connectivity index (χ4n) is 0.151. The van der Waals surface area contributed by atoms with Crippen molar-refractivity contribution in [3.63, 3.8) is 0 Å². The van der Waals surface area contributed by atoms with Crippen LogP contribution in [-0.4, -0.2) is 17.5 Å². The van der Waals surface area contributed by atoms with Gasteiger partial charge >= 0.3 is 5.97 Å². The van der Waals surface area contributed by atoms with Crippen molar-refractivity contribution in [3.05, 3.63) is 12.2 Å². The van der Waals surface area contributed by atoms with E-state index in [1.165, 1.54) is 6.38 Å². The van der Waals surface area contributed by atoms with Gasteiger partial charge in [-0.25, -0.2) is 4.79 Å². The summed E-state index contributed by atoms with van der Waals surface area (Å²) >= 11 is 4.64. The molecule has 0 atom stereocenters. The van der Waals surface area contributed by atoms with Crippen LogP contribution >= 0.6 is 11.6 Å². The minimum atomic E-state index is -0.900. The lowest BCUT2D eigenvalue weighted by atomic mass is 10.2. The quantitative estimate of drug-likeness (QED) is 0.482. The van der Waals surface area contributed by atoms with Crippen LogP contribution in [0, 0.1) is 0 Å². The Kier molecular flexibility index (Phi) is 9.43. The van der Waals surface area contributed by atoms with E-state index in [-0.39, 0.29) is 5.57 Å². The highest BCUT2D eigenvalue weighted by atomic mass is 35.5. The van der Waals surface area contributed by atoms with Crippen LogP contribution in [0.2, 0.25) is 0 Å². The van der Waals surface area contributed by atoms with E-state index in [4.69, 9.17) is 5.11 Å². The summed E-state index contributed by atoms with van der Waals surface area (Å²) in [4.78, 5) is 9.83. The molecule has 0 aromatic rings. The van der Waals surface area contributed by atoms with Crippen molar-refractivity contribution in [1.82, 2.24) is 0 Å². The molecule has 54 valence electrons. The summed E-state index contributed by atoms with van der Waals surface area (Å²) in [7, 11) is 0. The molecule has 0 aliphatic rings. The lowest BCUT2D eigenvalue weighted by Crippen LogP contribution is -1.95. The second-order valence-electron chi connectivity index (χ2n) is 1.26. The number of hydrogen-bond donors (Lipinski definition) is 1. The minimum Gasteiger partial charge on any atom is -0.478 e. The normalized spacial score (nSPS) is 7.00. The van der Waals surface area contributed by atoms with Crippen molar-refractivity contribution in [3.8, 4) is 0 Å². The van der Waals surface area contributed by atoms with E-state index >= 15 is 0 Å². The molecule has 0 aromatic heterocycles. The fourth-order valence-corrected chi connectivity index (χ4v) is 0.151. The van der Waals surface area contributed by atoms with Crippen molar-refractivity contribution in [2.24, 2.45) is 0 Å². The van der Waals surface area contributed by atoms with Crippen molar-refractivity contribution in [2.75, 3.05) is 6.38 Å². The number of hydrogen-bond acceptors (Lipinski definition) is 1. The number of rotatable bonds is 2. The van der Waals surface area contributed by atoms with Gasteiger partial charge in [-0.15, -0.1) is 11.6 Å². The van der Waals surface area contributed by atoms with E-state index in [1.54, 1.807) is 6.92 Å². The number of carboxylic acid groups (broad SMARTS) is 1. The Morgan fingerprint density at radius 1 is 1.67 bits per heavy atom. The van der Waals surface area contributed by atoms with Gasteiger partial charge in [0.15, 0.2) is 0 Å². The van der Waals surface area contributed by atoms with Crippen LogP contribution < -0.4 is 0 Å². The molecule has 0 bridgehead atoms. The van der Waals surface area contributed by atoms with E-state index < -0.39 is 5.97 Å². The van der Waals surface area contributed by atoms with E-state index in [9.17, 15) is 4.79 Å². The molecule has 0 aliphatic carbocycles. The van der Waals surface area contributed by atoms with Gasteiger partial charge in [-0.05, 0) is 6.42 Å². The molecule has 1 N–H and O–H groups in total. The molecule has 0 amide bonds. The summed E-state index contributed by atoms with van der Waals surface area (Å²) in [5.41, 5.74) is 0.264. The van der Waals surface area contributed by atoms with Gasteiger partial charge in [-0.2, -0.15) is 0 Å². The Morgan fingerprint density at radius 3 is 2.00 bits per heavy atom. The zero-order valence-electron chi connectivity index (χ0n) is 5.65. The predicted octanol–water partition coefficient (Wildman–Crippen LogP) is 1.89. The monoisotopic (exact) mass is 150 g/mol. The van der Waals surface area contributed by atoms with Crippen molar-refractivity contribution in [1.29, 1.82) is 0 Å². The topological polar surface area (TPSA) is 37.3 Å². The number of carbonyl (C=O) groups is 1. The number of halogens is 1. The number of alkyl halides is 1. The summed E-state index contributed by atoms with van der Waals surface area (Å²) in [5.74, 6) is -0.900. The van der Waals surface area contributed by atoms with Gasteiger partial charge in [0.25, 0.3) is 0 Å². The van der Waals surface area contributed by atoms with Gasteiger partial charge in [0.1, 0.15) is 0 Å². The molecule has 9 heavy (non-hydrogen) atoms. The summed E-state index contributed by atoms with van der Waals surface area (Å²) < 4.78 is 0. The molecule has 0 radical (unpaired) electrons. The van der Waals surface area contributed by atoms with Crippen LogP contribution in [-0.2, 0) is 4.79 Å². The van der Waals surface area contributed by atoms with Crippen LogP contribution in [0.5, 0.6) is 0 Å². The average Bonchev–Trinajstić information content (AvgIpc) is 1.91. The third kappa shape index (κ3) is 7.50. The first-order chi connectivity index (χ1) is 4.18. The minimum absolute atomic E-state index is 0.264. The third-order valence-electron chi connectivity index (χ3n) is 0.729. The van der Waals surface area contributed by atoms with Crippen molar-refractivity contribution >= 4 is 17.6 Å². The highest BCUT2D eigenvalue weighted by Crippen LogP contribution is 1.93. The van der Waals surface area contributed by atoms with Crippen LogP contribution in [0.3, 0.4) is 0 Å². The Labute approximate surface area is 60.1 Å². The van der Waals surface area contributed by atoms with Gasteiger partial charge in [-0.3, -0.25) is 0 Å². The fraction of sp³-hybridized carbons (Fsp3) is 0.500. The molecule has 0 aliphatic heterocycles. The SMILES string of the molecule is C=C(CC)C(=O)O.CCl. The van der Waals surface area contributed by atoms with E-state index in [0.717, 1.165) is 0 Å². The molecular weight excluding hydrogens is 140 g/mol. The summed E-state index contributed by atoms with van der Waals surface area (Å²) in [6.45, 7) is 5.03. The number of aliphatic carboxylic acids is 1. The van der Waals surface area contributed by atoms with E-state index in [2.05, 4.69) is 18.2 Å². The maximum atomic E-state index is 9.83. The van der Waals surface area contributed by atoms with Crippen LogP contribution in [0.15, 0.2) is 12.2 Å². The molecular formula is C6H11ClO2. The largest absolute Gasteiger partial charge is 0.478 e. The van der Waals surface area contributed by atoms with E-state index in [0.29, 0.717) is 6.42 Å². The first-order valence-corrected chi connectivity index (χ1v) is 3.23. The summed E-state index contributed by atoms with van der Waals surface area (Å²) in [6, 6.07) is 0. The Balaban J connectivity index is 0. The van der Waals surface area contributed by atoms with Crippen LogP contribution in [0.25, 0.3) is 0 Å². The molecule has 0 fully saturated rings. The lowest BCUT2D eigenvalue weighted by molar-refractivity contribution is -0.132. The third-order valence-corrected chi connectivity index (χ3v) is 0.729. The van der Waals surface area contributed by atoms with Crippen LogP contribution in [0.1, 0.15) is 13.3 Å². The van der Waals surface area contributed by atoms with Gasteiger partial charge < -0.3 is 5.11 Å². The molecule has 0 aromatic carbocycles. The van der Waals surface area contributed by atoms with Crippen molar-refractivity contribution < 1.29 is 9.90 Å². The highest BCUT2D eigenvalue weighted by Gasteiger charge is 1.96. The van der Waals surface area contributed by atoms with Gasteiger partial charge in [0.05, 0.1) is 0 Å². The zero-order valence-corrected chi connectivity index (χ0v) is 6.40. The Hall–Kier alpha value is -0.500. The molecule has 0 spiro atoms. The Morgan fingerprint density at radius 2 is 2.00 bits per heavy atom.